The first kappa shape index (κ1) is 19.2. The molecule has 0 saturated carbocycles. The van der Waals surface area contributed by atoms with Crippen molar-refractivity contribution in [2.45, 2.75) is 20.4 Å². The number of imidazole rings is 1. The quantitative estimate of drug-likeness (QED) is 0.659. The van der Waals surface area contributed by atoms with Crippen molar-refractivity contribution in [2.24, 2.45) is 0 Å². The lowest BCUT2D eigenvalue weighted by molar-refractivity contribution is -0.114. The highest BCUT2D eigenvalue weighted by Gasteiger charge is 2.12. The summed E-state index contributed by atoms with van der Waals surface area (Å²) in [5.41, 5.74) is 2.53. The van der Waals surface area contributed by atoms with E-state index in [0.29, 0.717) is 35.8 Å². The summed E-state index contributed by atoms with van der Waals surface area (Å²) in [6.07, 6.45) is 5.30. The van der Waals surface area contributed by atoms with Crippen LogP contribution < -0.4 is 15.4 Å². The number of hydrogen-bond donors (Lipinski definition) is 2. The second-order valence-corrected chi connectivity index (χ2v) is 6.31. The van der Waals surface area contributed by atoms with Crippen LogP contribution in [0.25, 0.3) is 0 Å². The number of nitrogens with one attached hydrogen (secondary N) is 2. The van der Waals surface area contributed by atoms with Crippen molar-refractivity contribution in [2.75, 3.05) is 17.2 Å². The Morgan fingerprint density at radius 3 is 2.68 bits per heavy atom. The number of carbonyl (C=O) groups is 2. The van der Waals surface area contributed by atoms with Gasteiger partial charge in [-0.25, -0.2) is 4.98 Å². The number of carbonyl (C=O) groups excluding carboxylic acids is 2. The van der Waals surface area contributed by atoms with Crippen LogP contribution in [0.5, 0.6) is 5.75 Å². The summed E-state index contributed by atoms with van der Waals surface area (Å²) < 4.78 is 7.74. The van der Waals surface area contributed by atoms with Crippen LogP contribution in [0.2, 0.25) is 0 Å². The highest BCUT2D eigenvalue weighted by atomic mass is 16.5. The predicted octanol–water partition coefficient (Wildman–Crippen LogP) is 3.48. The zero-order valence-corrected chi connectivity index (χ0v) is 15.8. The molecule has 7 heteroatoms. The topological polar surface area (TPSA) is 85.3 Å². The molecule has 0 unspecified atom stereocenters. The molecule has 0 aliphatic heterocycles. The summed E-state index contributed by atoms with van der Waals surface area (Å²) in [7, 11) is 0. The maximum Gasteiger partial charge on any atom is 0.255 e. The summed E-state index contributed by atoms with van der Waals surface area (Å²) in [5.74, 6) is 0.125. The van der Waals surface area contributed by atoms with E-state index in [0.717, 1.165) is 5.56 Å². The Hall–Kier alpha value is -3.61. The van der Waals surface area contributed by atoms with Gasteiger partial charge in [-0.1, -0.05) is 18.2 Å². The van der Waals surface area contributed by atoms with E-state index in [9.17, 15) is 9.59 Å². The SMILES string of the molecule is CC(=O)Nc1cc(C(=O)Nc2ccccc2OCCn2ccnc2)ccc1C. The van der Waals surface area contributed by atoms with E-state index >= 15 is 0 Å². The molecule has 3 rings (SSSR count). The van der Waals surface area contributed by atoms with Gasteiger partial charge in [-0.2, -0.15) is 0 Å². The predicted molar refractivity (Wildman–Crippen MR) is 108 cm³/mol. The Balaban J connectivity index is 1.69. The zero-order chi connectivity index (χ0) is 19.9. The summed E-state index contributed by atoms with van der Waals surface area (Å²) in [6, 6.07) is 12.5. The van der Waals surface area contributed by atoms with Gasteiger partial charge in [0.1, 0.15) is 12.4 Å². The van der Waals surface area contributed by atoms with E-state index in [-0.39, 0.29) is 11.8 Å². The lowest BCUT2D eigenvalue weighted by Crippen LogP contribution is -2.15. The van der Waals surface area contributed by atoms with Crippen molar-refractivity contribution >= 4 is 23.2 Å². The van der Waals surface area contributed by atoms with Crippen molar-refractivity contribution in [1.82, 2.24) is 9.55 Å². The molecule has 7 nitrogen and oxygen atoms in total. The molecule has 0 saturated heterocycles. The molecule has 2 aromatic carbocycles. The summed E-state index contributed by atoms with van der Waals surface area (Å²) in [6.45, 7) is 4.40. The smallest absolute Gasteiger partial charge is 0.255 e. The van der Waals surface area contributed by atoms with Crippen LogP contribution in [0.15, 0.2) is 61.2 Å². The average molecular weight is 378 g/mol. The number of ether oxygens (including phenoxy) is 1. The fraction of sp³-hybridized carbons (Fsp3) is 0.190. The molecule has 0 radical (unpaired) electrons. The van der Waals surface area contributed by atoms with E-state index in [1.54, 1.807) is 42.9 Å². The van der Waals surface area contributed by atoms with Gasteiger partial charge < -0.3 is 19.9 Å². The average Bonchev–Trinajstić information content (AvgIpc) is 3.18. The standard InChI is InChI=1S/C21H22N4O3/c1-15-7-8-17(13-19(15)23-16(2)26)21(27)24-18-5-3-4-6-20(18)28-12-11-25-10-9-22-14-25/h3-10,13-14H,11-12H2,1-2H3,(H,23,26)(H,24,27). The Bertz CT molecular complexity index is 968. The van der Waals surface area contributed by atoms with Gasteiger partial charge in [0.2, 0.25) is 5.91 Å². The van der Waals surface area contributed by atoms with Crippen LogP contribution in [-0.4, -0.2) is 28.0 Å². The Morgan fingerprint density at radius 1 is 1.11 bits per heavy atom. The molecule has 0 aliphatic rings. The second-order valence-electron chi connectivity index (χ2n) is 6.31. The number of benzene rings is 2. The maximum atomic E-state index is 12.7. The third-order valence-electron chi connectivity index (χ3n) is 4.11. The molecule has 144 valence electrons. The van der Waals surface area contributed by atoms with Crippen molar-refractivity contribution < 1.29 is 14.3 Å². The van der Waals surface area contributed by atoms with E-state index in [1.165, 1.54) is 6.92 Å². The van der Waals surface area contributed by atoms with Gasteiger partial charge in [-0.05, 0) is 36.8 Å². The Morgan fingerprint density at radius 2 is 1.93 bits per heavy atom. The Labute approximate surface area is 163 Å². The molecule has 0 bridgehead atoms. The van der Waals surface area contributed by atoms with Gasteiger partial charge in [-0.15, -0.1) is 0 Å². The van der Waals surface area contributed by atoms with Crippen LogP contribution in [0, 0.1) is 6.92 Å². The van der Waals surface area contributed by atoms with Gasteiger partial charge in [0.25, 0.3) is 5.91 Å². The highest BCUT2D eigenvalue weighted by Crippen LogP contribution is 2.25. The second kappa shape index (κ2) is 8.85. The van der Waals surface area contributed by atoms with E-state index in [1.807, 2.05) is 29.8 Å². The fourth-order valence-electron chi connectivity index (χ4n) is 2.66. The number of aromatic nitrogens is 2. The van der Waals surface area contributed by atoms with Crippen LogP contribution >= 0.6 is 0 Å². The third-order valence-corrected chi connectivity index (χ3v) is 4.11. The third kappa shape index (κ3) is 4.97. The first-order valence-corrected chi connectivity index (χ1v) is 8.90. The van der Waals surface area contributed by atoms with Gasteiger partial charge in [0, 0.05) is 30.6 Å². The van der Waals surface area contributed by atoms with E-state index in [4.69, 9.17) is 4.74 Å². The minimum atomic E-state index is -0.280. The lowest BCUT2D eigenvalue weighted by Gasteiger charge is -2.14. The van der Waals surface area contributed by atoms with E-state index < -0.39 is 0 Å². The molecule has 2 N–H and O–H groups in total. The number of amides is 2. The molecule has 0 atom stereocenters. The number of rotatable bonds is 7. The van der Waals surface area contributed by atoms with E-state index in [2.05, 4.69) is 15.6 Å². The number of nitrogens with zero attached hydrogens (tertiary/aromatic N) is 2. The Kier molecular flexibility index (Phi) is 6.06. The minimum absolute atomic E-state index is 0.183. The molecule has 1 aromatic heterocycles. The molecular weight excluding hydrogens is 356 g/mol. The molecular formula is C21H22N4O3. The lowest BCUT2D eigenvalue weighted by atomic mass is 10.1. The van der Waals surface area contributed by atoms with Gasteiger partial charge in [-0.3, -0.25) is 9.59 Å². The zero-order valence-electron chi connectivity index (χ0n) is 15.8. The van der Waals surface area contributed by atoms with Gasteiger partial charge >= 0.3 is 0 Å². The molecule has 3 aromatic rings. The molecule has 0 aliphatic carbocycles. The first-order valence-electron chi connectivity index (χ1n) is 8.90. The maximum absolute atomic E-state index is 12.7. The highest BCUT2D eigenvalue weighted by molar-refractivity contribution is 6.06. The monoisotopic (exact) mass is 378 g/mol. The molecule has 0 fully saturated rings. The molecule has 0 spiro atoms. The van der Waals surface area contributed by atoms with Crippen molar-refractivity contribution in [3.05, 3.63) is 72.3 Å². The molecule has 2 amide bonds. The van der Waals surface area contributed by atoms with Crippen molar-refractivity contribution in [1.29, 1.82) is 0 Å². The van der Waals surface area contributed by atoms with Gasteiger partial charge in [0.05, 0.1) is 18.6 Å². The summed E-state index contributed by atoms with van der Waals surface area (Å²) in [4.78, 5) is 28.0. The largest absolute Gasteiger partial charge is 0.490 e. The molecule has 28 heavy (non-hydrogen) atoms. The van der Waals surface area contributed by atoms with Gasteiger partial charge in [0.15, 0.2) is 0 Å². The number of aryl methyl sites for hydroxylation is 1. The number of anilines is 2. The summed E-state index contributed by atoms with van der Waals surface area (Å²) >= 11 is 0. The fourth-order valence-corrected chi connectivity index (χ4v) is 2.66. The number of para-hydroxylation sites is 2. The molecule has 1 heterocycles. The van der Waals surface area contributed by atoms with Crippen molar-refractivity contribution in [3.63, 3.8) is 0 Å². The van der Waals surface area contributed by atoms with Crippen LogP contribution in [-0.2, 0) is 11.3 Å². The first-order chi connectivity index (χ1) is 13.5. The summed E-state index contributed by atoms with van der Waals surface area (Å²) in [5, 5.41) is 5.61. The normalized spacial score (nSPS) is 10.4. The van der Waals surface area contributed by atoms with Crippen LogP contribution in [0.4, 0.5) is 11.4 Å². The minimum Gasteiger partial charge on any atom is -0.490 e. The van der Waals surface area contributed by atoms with Crippen molar-refractivity contribution in [3.8, 4) is 5.75 Å². The number of hydrogen-bond acceptors (Lipinski definition) is 4. The van der Waals surface area contributed by atoms with Crippen LogP contribution in [0.1, 0.15) is 22.8 Å². The van der Waals surface area contributed by atoms with Crippen LogP contribution in [0.3, 0.4) is 0 Å².